The Labute approximate surface area is 157 Å². The summed E-state index contributed by atoms with van der Waals surface area (Å²) >= 11 is 12.1. The molecule has 1 aliphatic rings. The number of esters is 1. The first-order chi connectivity index (χ1) is 12.4. The topological polar surface area (TPSA) is 91.0 Å². The van der Waals surface area contributed by atoms with E-state index in [9.17, 15) is 14.9 Å². The zero-order chi connectivity index (χ0) is 18.8. The Hall–Kier alpha value is -2.90. The average molecular weight is 393 g/mol. The zero-order valence-electron chi connectivity index (χ0n) is 13.2. The van der Waals surface area contributed by atoms with E-state index in [4.69, 9.17) is 32.7 Å². The predicted octanol–water partition coefficient (Wildman–Crippen LogP) is 4.25. The van der Waals surface area contributed by atoms with Crippen LogP contribution in [0, 0.1) is 10.1 Å². The van der Waals surface area contributed by atoms with Crippen LogP contribution in [0.25, 0.3) is 6.08 Å². The molecular weight excluding hydrogens is 383 g/mol. The second-order valence-corrected chi connectivity index (χ2v) is 5.97. The largest absolute Gasteiger partial charge is 0.495 e. The van der Waals surface area contributed by atoms with E-state index < -0.39 is 10.9 Å². The number of aliphatic imine (C=N–C) groups is 1. The summed E-state index contributed by atoms with van der Waals surface area (Å²) in [5.74, 6) is -0.306. The van der Waals surface area contributed by atoms with E-state index in [0.717, 1.165) is 0 Å². The van der Waals surface area contributed by atoms with Crippen molar-refractivity contribution >= 4 is 46.8 Å². The summed E-state index contributed by atoms with van der Waals surface area (Å²) in [6, 6.07) is 8.74. The normalized spacial score (nSPS) is 15.0. The van der Waals surface area contributed by atoms with Crippen LogP contribution in [-0.4, -0.2) is 23.9 Å². The van der Waals surface area contributed by atoms with Crippen molar-refractivity contribution in [1.82, 2.24) is 0 Å². The van der Waals surface area contributed by atoms with Crippen LogP contribution in [0.1, 0.15) is 11.1 Å². The molecule has 0 aliphatic carbocycles. The highest BCUT2D eigenvalue weighted by Crippen LogP contribution is 2.29. The van der Waals surface area contributed by atoms with E-state index in [1.165, 1.54) is 31.4 Å². The van der Waals surface area contributed by atoms with Gasteiger partial charge >= 0.3 is 5.97 Å². The number of rotatable bonds is 4. The van der Waals surface area contributed by atoms with E-state index in [0.29, 0.717) is 16.3 Å². The molecule has 1 aliphatic heterocycles. The van der Waals surface area contributed by atoms with Crippen LogP contribution in [0.3, 0.4) is 0 Å². The number of non-ortho nitro benzene ring substituents is 1. The third kappa shape index (κ3) is 3.54. The highest BCUT2D eigenvalue weighted by Gasteiger charge is 2.27. The minimum Gasteiger partial charge on any atom is -0.495 e. The SMILES string of the molecule is COc1ccc(/C=C2\N=C(c3cc([N+](=O)[O-])ccc3Cl)OC2=O)cc1Cl. The van der Waals surface area contributed by atoms with Gasteiger partial charge in [-0.05, 0) is 29.8 Å². The fraction of sp³-hybridized carbons (Fsp3) is 0.0588. The molecule has 0 unspecified atom stereocenters. The molecule has 0 amide bonds. The Morgan fingerprint density at radius 1 is 1.19 bits per heavy atom. The maximum Gasteiger partial charge on any atom is 0.363 e. The number of halogens is 2. The molecule has 7 nitrogen and oxygen atoms in total. The van der Waals surface area contributed by atoms with Gasteiger partial charge in [0.05, 0.1) is 27.6 Å². The number of carbonyl (C=O) groups excluding carboxylic acids is 1. The van der Waals surface area contributed by atoms with E-state index in [1.807, 2.05) is 0 Å². The monoisotopic (exact) mass is 392 g/mol. The van der Waals surface area contributed by atoms with E-state index >= 15 is 0 Å². The number of methoxy groups -OCH3 is 1. The van der Waals surface area contributed by atoms with Gasteiger partial charge in [-0.25, -0.2) is 9.79 Å². The van der Waals surface area contributed by atoms with Gasteiger partial charge in [-0.3, -0.25) is 10.1 Å². The smallest absolute Gasteiger partial charge is 0.363 e. The quantitative estimate of drug-likeness (QED) is 0.335. The summed E-state index contributed by atoms with van der Waals surface area (Å²) in [5, 5.41) is 11.5. The Bertz CT molecular complexity index is 985. The van der Waals surface area contributed by atoms with Crippen molar-refractivity contribution in [1.29, 1.82) is 0 Å². The first kappa shape index (κ1) is 17.9. The molecule has 1 heterocycles. The number of cyclic esters (lactones) is 1. The van der Waals surface area contributed by atoms with Crippen molar-refractivity contribution in [2.45, 2.75) is 0 Å². The van der Waals surface area contributed by atoms with Gasteiger partial charge in [0.2, 0.25) is 5.90 Å². The first-order valence-corrected chi connectivity index (χ1v) is 7.95. The molecule has 0 atom stereocenters. The molecule has 0 aromatic heterocycles. The Morgan fingerprint density at radius 2 is 1.96 bits per heavy atom. The lowest BCUT2D eigenvalue weighted by Crippen LogP contribution is -2.06. The minimum absolute atomic E-state index is 0.0174. The van der Waals surface area contributed by atoms with Crippen LogP contribution >= 0.6 is 23.2 Å². The Balaban J connectivity index is 1.98. The lowest BCUT2D eigenvalue weighted by molar-refractivity contribution is -0.384. The van der Waals surface area contributed by atoms with Crippen molar-refractivity contribution in [3.8, 4) is 5.75 Å². The van der Waals surface area contributed by atoms with Crippen molar-refractivity contribution in [2.75, 3.05) is 7.11 Å². The fourth-order valence-corrected chi connectivity index (χ4v) is 2.71. The summed E-state index contributed by atoms with van der Waals surface area (Å²) in [6.45, 7) is 0. The van der Waals surface area contributed by atoms with E-state index in [1.54, 1.807) is 18.2 Å². The number of benzene rings is 2. The van der Waals surface area contributed by atoms with Crippen LogP contribution in [0.4, 0.5) is 5.69 Å². The predicted molar refractivity (Wildman–Crippen MR) is 96.7 cm³/mol. The van der Waals surface area contributed by atoms with Crippen molar-refractivity contribution in [2.24, 2.45) is 4.99 Å². The second kappa shape index (κ2) is 7.15. The molecule has 132 valence electrons. The maximum absolute atomic E-state index is 12.1. The number of hydrogen-bond acceptors (Lipinski definition) is 6. The highest BCUT2D eigenvalue weighted by molar-refractivity contribution is 6.34. The molecule has 0 bridgehead atoms. The molecule has 0 radical (unpaired) electrons. The molecular formula is C17H10Cl2N2O5. The third-order valence-corrected chi connectivity index (χ3v) is 4.12. The Morgan fingerprint density at radius 3 is 2.62 bits per heavy atom. The molecule has 3 rings (SSSR count). The molecule has 2 aromatic carbocycles. The molecule has 0 N–H and O–H groups in total. The van der Waals surface area contributed by atoms with Gasteiger partial charge in [0.1, 0.15) is 5.75 Å². The van der Waals surface area contributed by atoms with Crippen LogP contribution in [-0.2, 0) is 9.53 Å². The van der Waals surface area contributed by atoms with Crippen LogP contribution in [0.5, 0.6) is 5.75 Å². The number of nitro groups is 1. The Kier molecular flexibility index (Phi) is 4.92. The third-order valence-electron chi connectivity index (χ3n) is 3.49. The number of nitro benzene ring substituents is 1. The van der Waals surface area contributed by atoms with Crippen molar-refractivity contribution in [3.05, 3.63) is 73.4 Å². The van der Waals surface area contributed by atoms with E-state index in [-0.39, 0.29) is 27.9 Å². The molecule has 0 saturated heterocycles. The minimum atomic E-state index is -0.700. The van der Waals surface area contributed by atoms with Gasteiger partial charge in [0, 0.05) is 12.1 Å². The molecule has 26 heavy (non-hydrogen) atoms. The average Bonchev–Trinajstić information content (AvgIpc) is 2.95. The van der Waals surface area contributed by atoms with Gasteiger partial charge < -0.3 is 9.47 Å². The zero-order valence-corrected chi connectivity index (χ0v) is 14.7. The molecule has 0 spiro atoms. The van der Waals surface area contributed by atoms with Gasteiger partial charge in [0.25, 0.3) is 5.69 Å². The highest BCUT2D eigenvalue weighted by atomic mass is 35.5. The van der Waals surface area contributed by atoms with Gasteiger partial charge in [-0.15, -0.1) is 0 Å². The summed E-state index contributed by atoms with van der Waals surface area (Å²) in [4.78, 5) is 26.5. The summed E-state index contributed by atoms with van der Waals surface area (Å²) in [7, 11) is 1.49. The lowest BCUT2D eigenvalue weighted by atomic mass is 10.2. The number of hydrogen-bond donors (Lipinski definition) is 0. The lowest BCUT2D eigenvalue weighted by Gasteiger charge is -2.03. The van der Waals surface area contributed by atoms with Crippen LogP contribution < -0.4 is 4.74 Å². The van der Waals surface area contributed by atoms with E-state index in [2.05, 4.69) is 4.99 Å². The van der Waals surface area contributed by atoms with Crippen LogP contribution in [0.15, 0.2) is 47.1 Å². The summed E-state index contributed by atoms with van der Waals surface area (Å²) in [5.41, 5.74) is 0.592. The van der Waals surface area contributed by atoms with Crippen molar-refractivity contribution in [3.63, 3.8) is 0 Å². The summed E-state index contributed by atoms with van der Waals surface area (Å²) < 4.78 is 10.2. The van der Waals surface area contributed by atoms with Crippen molar-refractivity contribution < 1.29 is 19.2 Å². The van der Waals surface area contributed by atoms with Gasteiger partial charge in [-0.2, -0.15) is 0 Å². The number of nitrogens with zero attached hydrogens (tertiary/aromatic N) is 2. The first-order valence-electron chi connectivity index (χ1n) is 7.19. The van der Waals surface area contributed by atoms with Crippen LogP contribution in [0.2, 0.25) is 10.0 Å². The summed E-state index contributed by atoms with van der Waals surface area (Å²) in [6.07, 6.45) is 1.48. The standard InChI is InChI=1S/C17H10Cl2N2O5/c1-25-15-5-2-9(6-13(15)19)7-14-17(22)26-16(20-14)11-8-10(21(23)24)3-4-12(11)18/h2-8H,1H3/b14-7-. The number of carbonyl (C=O) groups is 1. The molecule has 9 heteroatoms. The maximum atomic E-state index is 12.1. The molecule has 0 saturated carbocycles. The van der Waals surface area contributed by atoms with Gasteiger partial charge in [0.15, 0.2) is 5.70 Å². The van der Waals surface area contributed by atoms with Gasteiger partial charge in [-0.1, -0.05) is 29.3 Å². The molecule has 0 fully saturated rings. The fourth-order valence-electron chi connectivity index (χ4n) is 2.25. The second-order valence-electron chi connectivity index (χ2n) is 5.15. The molecule has 2 aromatic rings. The number of ether oxygens (including phenoxy) is 2.